The van der Waals surface area contributed by atoms with Gasteiger partial charge in [-0.05, 0) is 24.8 Å². The fourth-order valence-electron chi connectivity index (χ4n) is 1.86. The lowest BCUT2D eigenvalue weighted by molar-refractivity contribution is -0.118. The fourth-order valence-corrected chi connectivity index (χ4v) is 1.86. The number of amides is 1. The van der Waals surface area contributed by atoms with Crippen molar-refractivity contribution >= 4 is 5.91 Å². The first-order chi connectivity index (χ1) is 7.28. The van der Waals surface area contributed by atoms with Crippen LogP contribution in [0, 0.1) is 5.92 Å². The Bertz CT molecular complexity index is 340. The smallest absolute Gasteiger partial charge is 0.243 e. The van der Waals surface area contributed by atoms with Crippen molar-refractivity contribution in [2.45, 2.75) is 25.4 Å². The highest BCUT2D eigenvalue weighted by atomic mass is 16.1. The third-order valence-electron chi connectivity index (χ3n) is 2.68. The van der Waals surface area contributed by atoms with E-state index in [1.807, 2.05) is 10.9 Å². The molecule has 1 amide bonds. The van der Waals surface area contributed by atoms with Crippen LogP contribution in [0.15, 0.2) is 25.0 Å². The van der Waals surface area contributed by atoms with Gasteiger partial charge in [0.2, 0.25) is 5.91 Å². The Morgan fingerprint density at radius 1 is 1.67 bits per heavy atom. The Kier molecular flexibility index (Phi) is 2.80. The van der Waals surface area contributed by atoms with Crippen molar-refractivity contribution in [1.82, 2.24) is 20.3 Å². The lowest BCUT2D eigenvalue weighted by Gasteiger charge is -2.35. The third-order valence-corrected chi connectivity index (χ3v) is 2.68. The van der Waals surface area contributed by atoms with Crippen LogP contribution in [0.1, 0.15) is 12.8 Å². The number of hydrogen-bond donors (Lipinski definition) is 1. The van der Waals surface area contributed by atoms with Crippen LogP contribution >= 0.6 is 0 Å². The highest BCUT2D eigenvalue weighted by molar-refractivity contribution is 5.87. The molecule has 0 atom stereocenters. The van der Waals surface area contributed by atoms with Crippen molar-refractivity contribution < 1.29 is 4.79 Å². The van der Waals surface area contributed by atoms with E-state index in [9.17, 15) is 4.79 Å². The van der Waals surface area contributed by atoms with Crippen LogP contribution in [0.5, 0.6) is 0 Å². The number of nitrogens with one attached hydrogen (secondary N) is 1. The maximum atomic E-state index is 11.0. The van der Waals surface area contributed by atoms with Gasteiger partial charge in [0.15, 0.2) is 0 Å². The summed E-state index contributed by atoms with van der Waals surface area (Å²) in [4.78, 5) is 11.0. The number of rotatable bonds is 4. The summed E-state index contributed by atoms with van der Waals surface area (Å²) in [5.74, 6) is 0.515. The largest absolute Gasteiger partial charge is 0.350 e. The van der Waals surface area contributed by atoms with Gasteiger partial charge in [-0.15, -0.1) is 5.10 Å². The minimum absolute atomic E-state index is 0.0841. The van der Waals surface area contributed by atoms with Crippen LogP contribution in [0.3, 0.4) is 0 Å². The molecule has 0 aliphatic heterocycles. The summed E-state index contributed by atoms with van der Waals surface area (Å²) in [5.41, 5.74) is 0. The quantitative estimate of drug-likeness (QED) is 0.723. The molecule has 0 aromatic carbocycles. The molecule has 5 nitrogen and oxygen atoms in total. The number of hydrogen-bond acceptors (Lipinski definition) is 3. The molecule has 0 bridgehead atoms. The summed E-state index contributed by atoms with van der Waals surface area (Å²) >= 11 is 0. The Hall–Kier alpha value is -1.65. The third kappa shape index (κ3) is 2.43. The van der Waals surface area contributed by atoms with Gasteiger partial charge in [0.1, 0.15) is 0 Å². The maximum absolute atomic E-state index is 11.0. The predicted octanol–water partition coefficient (Wildman–Crippen LogP) is 0.359. The number of aromatic nitrogens is 3. The van der Waals surface area contributed by atoms with Crippen molar-refractivity contribution in [1.29, 1.82) is 0 Å². The Morgan fingerprint density at radius 3 is 3.07 bits per heavy atom. The van der Waals surface area contributed by atoms with Gasteiger partial charge in [-0.1, -0.05) is 11.8 Å². The molecule has 1 fully saturated rings. The Morgan fingerprint density at radius 2 is 2.47 bits per heavy atom. The maximum Gasteiger partial charge on any atom is 0.243 e. The van der Waals surface area contributed by atoms with Gasteiger partial charge in [0, 0.05) is 18.8 Å². The molecule has 1 aliphatic rings. The van der Waals surface area contributed by atoms with Crippen LogP contribution in [0.2, 0.25) is 0 Å². The van der Waals surface area contributed by atoms with Gasteiger partial charge in [0.25, 0.3) is 0 Å². The van der Waals surface area contributed by atoms with E-state index in [0.717, 1.165) is 19.4 Å². The fraction of sp³-hybridized carbons (Fsp3) is 0.500. The predicted molar refractivity (Wildman–Crippen MR) is 54.9 cm³/mol. The van der Waals surface area contributed by atoms with E-state index in [1.54, 1.807) is 6.20 Å². The van der Waals surface area contributed by atoms with Gasteiger partial charge in [-0.2, -0.15) is 0 Å². The molecule has 1 aliphatic carbocycles. The van der Waals surface area contributed by atoms with E-state index < -0.39 is 0 Å². The van der Waals surface area contributed by atoms with E-state index in [0.29, 0.717) is 12.0 Å². The van der Waals surface area contributed by atoms with Gasteiger partial charge in [-0.25, -0.2) is 0 Å². The van der Waals surface area contributed by atoms with Gasteiger partial charge in [-0.3, -0.25) is 9.48 Å². The zero-order chi connectivity index (χ0) is 10.7. The van der Waals surface area contributed by atoms with Crippen LogP contribution in [-0.2, 0) is 11.3 Å². The first-order valence-electron chi connectivity index (χ1n) is 5.05. The molecule has 0 radical (unpaired) electrons. The van der Waals surface area contributed by atoms with Crippen LogP contribution in [0.25, 0.3) is 0 Å². The molecule has 15 heavy (non-hydrogen) atoms. The molecule has 1 aromatic heterocycles. The second-order valence-electron chi connectivity index (χ2n) is 3.87. The summed E-state index contributed by atoms with van der Waals surface area (Å²) in [6, 6.07) is 0.309. The summed E-state index contributed by atoms with van der Waals surface area (Å²) in [7, 11) is 0. The second kappa shape index (κ2) is 4.25. The molecular weight excluding hydrogens is 192 g/mol. The first-order valence-corrected chi connectivity index (χ1v) is 5.05. The van der Waals surface area contributed by atoms with E-state index in [2.05, 4.69) is 22.2 Å². The topological polar surface area (TPSA) is 59.8 Å². The van der Waals surface area contributed by atoms with E-state index >= 15 is 0 Å². The summed E-state index contributed by atoms with van der Waals surface area (Å²) in [6.45, 7) is 4.31. The molecule has 0 unspecified atom stereocenters. The molecule has 0 spiro atoms. The highest BCUT2D eigenvalue weighted by Gasteiger charge is 2.29. The van der Waals surface area contributed by atoms with E-state index in [1.165, 1.54) is 6.08 Å². The average Bonchev–Trinajstić information content (AvgIpc) is 2.66. The molecule has 80 valence electrons. The number of carbonyl (C=O) groups excluding carboxylic acids is 1. The number of nitrogens with zero attached hydrogens (tertiary/aromatic N) is 3. The lowest BCUT2D eigenvalue weighted by atomic mass is 9.80. The van der Waals surface area contributed by atoms with Gasteiger partial charge in [0.05, 0.1) is 6.20 Å². The number of carbonyl (C=O) groups is 1. The van der Waals surface area contributed by atoms with Crippen LogP contribution in [-0.4, -0.2) is 26.9 Å². The molecule has 5 heteroatoms. The minimum atomic E-state index is -0.0841. The highest BCUT2D eigenvalue weighted by Crippen LogP contribution is 2.28. The molecule has 0 saturated heterocycles. The average molecular weight is 206 g/mol. The summed E-state index contributed by atoms with van der Waals surface area (Å²) in [6.07, 6.45) is 6.87. The SMILES string of the molecule is C=CC(=O)NC1CC(Cn2ccnn2)C1. The van der Waals surface area contributed by atoms with Crippen molar-refractivity contribution in [2.75, 3.05) is 0 Å². The zero-order valence-electron chi connectivity index (χ0n) is 8.47. The first kappa shape index (κ1) is 9.89. The van der Waals surface area contributed by atoms with Crippen LogP contribution in [0.4, 0.5) is 0 Å². The van der Waals surface area contributed by atoms with Crippen molar-refractivity contribution in [2.24, 2.45) is 5.92 Å². The summed E-state index contributed by atoms with van der Waals surface area (Å²) in [5, 5.41) is 10.5. The minimum Gasteiger partial charge on any atom is -0.350 e. The van der Waals surface area contributed by atoms with E-state index in [-0.39, 0.29) is 5.91 Å². The van der Waals surface area contributed by atoms with Gasteiger partial charge >= 0.3 is 0 Å². The summed E-state index contributed by atoms with van der Waals surface area (Å²) < 4.78 is 1.83. The van der Waals surface area contributed by atoms with E-state index in [4.69, 9.17) is 0 Å². The molecule has 2 rings (SSSR count). The molecular formula is C10H14N4O. The van der Waals surface area contributed by atoms with Crippen molar-refractivity contribution in [3.05, 3.63) is 25.0 Å². The molecule has 1 aromatic rings. The van der Waals surface area contributed by atoms with Gasteiger partial charge < -0.3 is 5.32 Å². The van der Waals surface area contributed by atoms with Crippen LogP contribution < -0.4 is 5.32 Å². The molecule has 1 heterocycles. The molecule has 1 N–H and O–H groups in total. The zero-order valence-corrected chi connectivity index (χ0v) is 8.47. The second-order valence-corrected chi connectivity index (χ2v) is 3.87. The normalized spacial score (nSPS) is 24.3. The lowest BCUT2D eigenvalue weighted by Crippen LogP contribution is -2.44. The Balaban J connectivity index is 1.70. The standard InChI is InChI=1S/C10H14N4O/c1-2-10(15)12-9-5-8(6-9)7-14-4-3-11-13-14/h2-4,8-9H,1,5-7H2,(H,12,15). The monoisotopic (exact) mass is 206 g/mol. The molecule has 1 saturated carbocycles. The van der Waals surface area contributed by atoms with Crippen molar-refractivity contribution in [3.8, 4) is 0 Å². The van der Waals surface area contributed by atoms with Crippen molar-refractivity contribution in [3.63, 3.8) is 0 Å². The Labute approximate surface area is 88.2 Å².